The Morgan fingerprint density at radius 3 is 2.16 bits per heavy atom. The molecule has 0 spiro atoms. The third kappa shape index (κ3) is 2.28. The summed E-state index contributed by atoms with van der Waals surface area (Å²) in [6.07, 6.45) is 0.636. The average Bonchev–Trinajstić information content (AvgIpc) is 2.50. The Bertz CT molecular complexity index is 506. The zero-order valence-electron chi connectivity index (χ0n) is 12.0. The molecule has 1 aromatic carbocycles. The van der Waals surface area contributed by atoms with E-state index in [1.54, 1.807) is 12.1 Å². The van der Waals surface area contributed by atoms with E-state index in [1.807, 2.05) is 34.6 Å². The molecule has 5 heteroatoms. The maximum absolute atomic E-state index is 11.0. The van der Waals surface area contributed by atoms with Gasteiger partial charge in [-0.2, -0.15) is 0 Å². The molecular weight excluding hydrogens is 243 g/mol. The van der Waals surface area contributed by atoms with Crippen LogP contribution in [0.15, 0.2) is 12.1 Å². The summed E-state index contributed by atoms with van der Waals surface area (Å²) in [5, 5.41) is 10.1. The molecule has 1 aliphatic heterocycles. The molecule has 102 valence electrons. The lowest BCUT2D eigenvalue weighted by atomic mass is 9.76. The van der Waals surface area contributed by atoms with Crippen LogP contribution in [-0.2, 0) is 9.31 Å². The second kappa shape index (κ2) is 4.35. The van der Waals surface area contributed by atoms with Gasteiger partial charge in [-0.05, 0) is 40.7 Å². The van der Waals surface area contributed by atoms with Gasteiger partial charge in [0.05, 0.1) is 16.8 Å². The molecule has 1 aromatic rings. The summed E-state index contributed by atoms with van der Waals surface area (Å²) in [4.78, 5) is 11.0. The monoisotopic (exact) mass is 262 g/mol. The molecule has 19 heavy (non-hydrogen) atoms. The number of rotatable bonds is 2. The van der Waals surface area contributed by atoms with Crippen LogP contribution >= 0.6 is 0 Å². The first-order chi connectivity index (χ1) is 8.68. The summed E-state index contributed by atoms with van der Waals surface area (Å²) < 4.78 is 11.8. The van der Waals surface area contributed by atoms with Gasteiger partial charge in [-0.1, -0.05) is 11.6 Å². The van der Waals surface area contributed by atoms with Crippen LogP contribution in [0.4, 0.5) is 0 Å². The number of aromatic hydroxyl groups is 1. The Morgan fingerprint density at radius 1 is 1.16 bits per heavy atom. The van der Waals surface area contributed by atoms with Crippen molar-refractivity contribution in [1.82, 2.24) is 0 Å². The Kier molecular flexibility index (Phi) is 3.23. The summed E-state index contributed by atoms with van der Waals surface area (Å²) >= 11 is 0. The second-order valence-electron chi connectivity index (χ2n) is 6.00. The number of benzene rings is 1. The van der Waals surface area contributed by atoms with Crippen LogP contribution in [0.2, 0.25) is 0 Å². The fraction of sp³-hybridized carbons (Fsp3) is 0.500. The standard InChI is InChI=1S/C14H19BO4/c1-9-6-10(8-16)12(17)11(7-9)15-18-13(2,3)14(4,5)19-15/h6-8,17H,1-5H3. The predicted octanol–water partition coefficient (Wildman–Crippen LogP) is 1.81. The quantitative estimate of drug-likeness (QED) is 0.652. The minimum Gasteiger partial charge on any atom is -0.508 e. The predicted molar refractivity (Wildman–Crippen MR) is 73.9 cm³/mol. The third-order valence-corrected chi connectivity index (χ3v) is 3.95. The van der Waals surface area contributed by atoms with Crippen molar-refractivity contribution in [3.05, 3.63) is 23.3 Å². The van der Waals surface area contributed by atoms with Crippen LogP contribution in [0.5, 0.6) is 5.75 Å². The third-order valence-electron chi connectivity index (χ3n) is 3.95. The van der Waals surface area contributed by atoms with Crippen molar-refractivity contribution in [3.63, 3.8) is 0 Å². The van der Waals surface area contributed by atoms with Crippen molar-refractivity contribution >= 4 is 18.9 Å². The SMILES string of the molecule is Cc1cc(C=O)c(O)c(B2OC(C)(C)C(C)(C)O2)c1. The van der Waals surface area contributed by atoms with Gasteiger partial charge in [-0.3, -0.25) is 4.79 Å². The van der Waals surface area contributed by atoms with Gasteiger partial charge in [0.2, 0.25) is 0 Å². The topological polar surface area (TPSA) is 55.8 Å². The first-order valence-corrected chi connectivity index (χ1v) is 6.32. The lowest BCUT2D eigenvalue weighted by Gasteiger charge is -2.32. The van der Waals surface area contributed by atoms with Crippen molar-refractivity contribution in [3.8, 4) is 5.75 Å². The van der Waals surface area contributed by atoms with Gasteiger partial charge in [0.1, 0.15) is 5.75 Å². The van der Waals surface area contributed by atoms with E-state index in [9.17, 15) is 9.90 Å². The van der Waals surface area contributed by atoms with Crippen molar-refractivity contribution < 1.29 is 19.2 Å². The van der Waals surface area contributed by atoms with Crippen molar-refractivity contribution in [2.24, 2.45) is 0 Å². The lowest BCUT2D eigenvalue weighted by Crippen LogP contribution is -2.41. The van der Waals surface area contributed by atoms with E-state index in [-0.39, 0.29) is 11.3 Å². The Balaban J connectivity index is 2.45. The van der Waals surface area contributed by atoms with Gasteiger partial charge in [0.25, 0.3) is 0 Å². The number of hydrogen-bond donors (Lipinski definition) is 1. The van der Waals surface area contributed by atoms with Gasteiger partial charge in [0.15, 0.2) is 6.29 Å². The van der Waals surface area contributed by atoms with E-state index in [0.717, 1.165) is 5.56 Å². The Labute approximate surface area is 113 Å². The highest BCUT2D eigenvalue weighted by molar-refractivity contribution is 6.63. The molecule has 1 heterocycles. The first-order valence-electron chi connectivity index (χ1n) is 6.32. The number of hydrogen-bond acceptors (Lipinski definition) is 4. The van der Waals surface area contributed by atoms with Crippen molar-refractivity contribution in [2.75, 3.05) is 0 Å². The first kappa shape index (κ1) is 14.1. The molecule has 4 nitrogen and oxygen atoms in total. The summed E-state index contributed by atoms with van der Waals surface area (Å²) in [6.45, 7) is 9.64. The fourth-order valence-corrected chi connectivity index (χ4v) is 2.08. The molecule has 0 amide bonds. The van der Waals surface area contributed by atoms with Gasteiger partial charge in [-0.15, -0.1) is 0 Å². The number of aryl methyl sites for hydroxylation is 1. The van der Waals surface area contributed by atoms with E-state index >= 15 is 0 Å². The molecule has 2 rings (SSSR count). The number of carbonyl (C=O) groups is 1. The molecule has 0 radical (unpaired) electrons. The molecule has 1 fully saturated rings. The summed E-state index contributed by atoms with van der Waals surface area (Å²) in [6, 6.07) is 3.42. The molecule has 1 saturated heterocycles. The lowest BCUT2D eigenvalue weighted by molar-refractivity contribution is 0.00578. The highest BCUT2D eigenvalue weighted by Gasteiger charge is 2.52. The van der Waals surface area contributed by atoms with Gasteiger partial charge >= 0.3 is 7.12 Å². The molecule has 0 saturated carbocycles. The van der Waals surface area contributed by atoms with E-state index in [2.05, 4.69) is 0 Å². The maximum Gasteiger partial charge on any atom is 0.498 e. The summed E-state index contributed by atoms with van der Waals surface area (Å²) in [7, 11) is -0.663. The van der Waals surface area contributed by atoms with Gasteiger partial charge in [-0.25, -0.2) is 0 Å². The van der Waals surface area contributed by atoms with Gasteiger partial charge in [0, 0.05) is 5.46 Å². The van der Waals surface area contributed by atoms with Crippen molar-refractivity contribution in [2.45, 2.75) is 45.8 Å². The zero-order chi connectivity index (χ0) is 14.4. The molecule has 0 atom stereocenters. The highest BCUT2D eigenvalue weighted by Crippen LogP contribution is 2.37. The second-order valence-corrected chi connectivity index (χ2v) is 6.00. The molecule has 1 aliphatic rings. The normalized spacial score (nSPS) is 20.6. The Hall–Kier alpha value is -1.33. The van der Waals surface area contributed by atoms with Gasteiger partial charge < -0.3 is 14.4 Å². The van der Waals surface area contributed by atoms with Crippen LogP contribution in [0.1, 0.15) is 43.6 Å². The maximum atomic E-state index is 11.0. The number of carbonyl (C=O) groups excluding carboxylic acids is 1. The highest BCUT2D eigenvalue weighted by atomic mass is 16.7. The molecule has 1 N–H and O–H groups in total. The van der Waals surface area contributed by atoms with Crippen LogP contribution in [-0.4, -0.2) is 29.7 Å². The van der Waals surface area contributed by atoms with Crippen LogP contribution < -0.4 is 5.46 Å². The molecule has 0 aliphatic carbocycles. The van der Waals surface area contributed by atoms with E-state index in [1.165, 1.54) is 0 Å². The molecule has 0 unspecified atom stereocenters. The minimum atomic E-state index is -0.663. The Morgan fingerprint density at radius 2 is 1.68 bits per heavy atom. The van der Waals surface area contributed by atoms with Crippen LogP contribution in [0.25, 0.3) is 0 Å². The van der Waals surface area contributed by atoms with E-state index < -0.39 is 18.3 Å². The van der Waals surface area contributed by atoms with E-state index in [0.29, 0.717) is 11.7 Å². The average molecular weight is 262 g/mol. The number of phenols is 1. The zero-order valence-corrected chi connectivity index (χ0v) is 12.0. The van der Waals surface area contributed by atoms with Crippen molar-refractivity contribution in [1.29, 1.82) is 0 Å². The van der Waals surface area contributed by atoms with Crippen LogP contribution in [0.3, 0.4) is 0 Å². The molecule has 0 bridgehead atoms. The number of aldehydes is 1. The van der Waals surface area contributed by atoms with E-state index in [4.69, 9.17) is 9.31 Å². The summed E-state index contributed by atoms with van der Waals surface area (Å²) in [5.74, 6) is -0.0703. The summed E-state index contributed by atoms with van der Waals surface area (Å²) in [5.41, 5.74) is 0.680. The smallest absolute Gasteiger partial charge is 0.498 e. The number of phenolic OH excluding ortho intramolecular Hbond substituents is 1. The largest absolute Gasteiger partial charge is 0.508 e. The molecule has 0 aromatic heterocycles. The van der Waals surface area contributed by atoms with Crippen LogP contribution in [0, 0.1) is 6.92 Å². The minimum absolute atomic E-state index is 0.0703. The fourth-order valence-electron chi connectivity index (χ4n) is 2.08. The molecular formula is C14H19BO4.